The summed E-state index contributed by atoms with van der Waals surface area (Å²) >= 11 is 0. The van der Waals surface area contributed by atoms with Crippen LogP contribution in [0.15, 0.2) is 30.5 Å². The number of nitrogens with one attached hydrogen (secondary N) is 1. The van der Waals surface area contributed by atoms with Gasteiger partial charge >= 0.3 is 0 Å². The smallest absolute Gasteiger partial charge is 0.288 e. The molecule has 2 aromatic rings. The van der Waals surface area contributed by atoms with Gasteiger partial charge < -0.3 is 11.1 Å². The maximum absolute atomic E-state index is 11.6. The Labute approximate surface area is 133 Å². The number of amides is 1. The van der Waals surface area contributed by atoms with E-state index in [1.807, 2.05) is 39.0 Å². The highest BCUT2D eigenvalue weighted by Crippen LogP contribution is 2.26. The molecule has 0 fully saturated rings. The summed E-state index contributed by atoms with van der Waals surface area (Å²) in [6, 6.07) is 6.95. The molecule has 120 valence electrons. The zero-order chi connectivity index (χ0) is 17.1. The summed E-state index contributed by atoms with van der Waals surface area (Å²) in [4.78, 5) is 25.7. The average Bonchev–Trinajstić information content (AvgIpc) is 2.49. The van der Waals surface area contributed by atoms with Crippen LogP contribution in [-0.2, 0) is 0 Å². The van der Waals surface area contributed by atoms with Crippen LogP contribution in [0, 0.1) is 24.0 Å². The lowest BCUT2D eigenvalue weighted by molar-refractivity contribution is -0.385. The molecule has 1 heterocycles. The zero-order valence-corrected chi connectivity index (χ0v) is 13.2. The van der Waals surface area contributed by atoms with Crippen LogP contribution in [0.4, 0.5) is 11.5 Å². The molecule has 23 heavy (non-hydrogen) atoms. The molecule has 0 saturated heterocycles. The third kappa shape index (κ3) is 3.45. The van der Waals surface area contributed by atoms with Gasteiger partial charge in [0.05, 0.1) is 16.5 Å². The molecule has 0 bridgehead atoms. The molecular formula is C16H18N4O3. The number of pyridine rings is 1. The normalized spacial score (nSPS) is 11.8. The Bertz CT molecular complexity index is 774. The molecule has 1 atom stereocenters. The first-order valence-electron chi connectivity index (χ1n) is 7.08. The first-order chi connectivity index (χ1) is 10.8. The summed E-state index contributed by atoms with van der Waals surface area (Å²) in [5, 5.41) is 13.9. The van der Waals surface area contributed by atoms with E-state index < -0.39 is 10.8 Å². The number of hydrogen-bond acceptors (Lipinski definition) is 5. The number of carbonyl (C=O) groups is 1. The van der Waals surface area contributed by atoms with E-state index >= 15 is 0 Å². The number of benzene rings is 1. The van der Waals surface area contributed by atoms with Gasteiger partial charge in [0.25, 0.3) is 11.6 Å². The van der Waals surface area contributed by atoms with Crippen molar-refractivity contribution in [2.24, 2.45) is 5.73 Å². The van der Waals surface area contributed by atoms with Crippen molar-refractivity contribution in [2.75, 3.05) is 5.32 Å². The largest absolute Gasteiger partial charge is 0.365 e. The lowest BCUT2D eigenvalue weighted by Gasteiger charge is -2.19. The van der Waals surface area contributed by atoms with Crippen molar-refractivity contribution in [3.63, 3.8) is 0 Å². The van der Waals surface area contributed by atoms with E-state index in [4.69, 9.17) is 5.73 Å². The first kappa shape index (κ1) is 16.4. The number of aromatic nitrogens is 1. The van der Waals surface area contributed by atoms with E-state index in [0.717, 1.165) is 29.0 Å². The SMILES string of the molecule is Cc1cccc(C(C)Nc2ncc([N+](=O)[O-])cc2C(N)=O)c1C. The lowest BCUT2D eigenvalue weighted by Crippen LogP contribution is -2.18. The van der Waals surface area contributed by atoms with Gasteiger partial charge in [0.15, 0.2) is 0 Å². The standard InChI is InChI=1S/C16H18N4O3/c1-9-5-4-6-13(10(9)2)11(3)19-16-14(15(17)21)7-12(8-18-16)20(22)23/h4-8,11H,1-3H3,(H2,17,21)(H,18,19). The fraction of sp³-hybridized carbons (Fsp3) is 0.250. The number of rotatable bonds is 5. The molecule has 0 aliphatic rings. The Balaban J connectivity index is 2.37. The lowest BCUT2D eigenvalue weighted by atomic mass is 9.98. The quantitative estimate of drug-likeness (QED) is 0.651. The van der Waals surface area contributed by atoms with Crippen LogP contribution < -0.4 is 11.1 Å². The van der Waals surface area contributed by atoms with Crippen molar-refractivity contribution < 1.29 is 9.72 Å². The molecule has 7 nitrogen and oxygen atoms in total. The number of aryl methyl sites for hydroxylation is 1. The van der Waals surface area contributed by atoms with E-state index in [0.29, 0.717) is 0 Å². The van der Waals surface area contributed by atoms with Crippen molar-refractivity contribution >= 4 is 17.4 Å². The molecule has 0 spiro atoms. The molecule has 1 unspecified atom stereocenters. The molecule has 0 aliphatic heterocycles. The molecule has 0 saturated carbocycles. The molecule has 2 rings (SSSR count). The van der Waals surface area contributed by atoms with Gasteiger partial charge in [0.1, 0.15) is 12.0 Å². The van der Waals surface area contributed by atoms with Crippen LogP contribution in [0.25, 0.3) is 0 Å². The summed E-state index contributed by atoms with van der Waals surface area (Å²) in [5.41, 5.74) is 8.38. The predicted octanol–water partition coefficient (Wildman–Crippen LogP) is 2.88. The van der Waals surface area contributed by atoms with Crippen LogP contribution >= 0.6 is 0 Å². The first-order valence-corrected chi connectivity index (χ1v) is 7.08. The zero-order valence-electron chi connectivity index (χ0n) is 13.2. The predicted molar refractivity (Wildman–Crippen MR) is 87.4 cm³/mol. The van der Waals surface area contributed by atoms with Gasteiger partial charge in [0, 0.05) is 6.07 Å². The molecule has 1 aromatic carbocycles. The van der Waals surface area contributed by atoms with Crippen LogP contribution in [0.5, 0.6) is 0 Å². The minimum absolute atomic E-state index is 0.00337. The number of primary amides is 1. The van der Waals surface area contributed by atoms with Gasteiger partial charge in [-0.3, -0.25) is 14.9 Å². The molecular weight excluding hydrogens is 296 g/mol. The number of nitrogens with zero attached hydrogens (tertiary/aromatic N) is 2. The number of nitro groups is 1. The minimum atomic E-state index is -0.767. The van der Waals surface area contributed by atoms with Gasteiger partial charge in [-0.2, -0.15) is 0 Å². The Kier molecular flexibility index (Phi) is 4.59. The summed E-state index contributed by atoms with van der Waals surface area (Å²) < 4.78 is 0. The number of anilines is 1. The molecule has 7 heteroatoms. The third-order valence-electron chi connectivity index (χ3n) is 3.82. The highest BCUT2D eigenvalue weighted by Gasteiger charge is 2.18. The third-order valence-corrected chi connectivity index (χ3v) is 3.82. The van der Waals surface area contributed by atoms with Crippen molar-refractivity contribution in [3.8, 4) is 0 Å². The topological polar surface area (TPSA) is 111 Å². The summed E-state index contributed by atoms with van der Waals surface area (Å²) in [5.74, 6) is -0.534. The van der Waals surface area contributed by atoms with Crippen LogP contribution in [0.3, 0.4) is 0 Å². The van der Waals surface area contributed by atoms with Crippen LogP contribution in [0.1, 0.15) is 40.0 Å². The van der Waals surface area contributed by atoms with Gasteiger partial charge in [-0.15, -0.1) is 0 Å². The van der Waals surface area contributed by atoms with Crippen molar-refractivity contribution in [1.82, 2.24) is 4.98 Å². The fourth-order valence-corrected chi connectivity index (χ4v) is 2.38. The van der Waals surface area contributed by atoms with E-state index in [9.17, 15) is 14.9 Å². The van der Waals surface area contributed by atoms with Crippen molar-refractivity contribution in [2.45, 2.75) is 26.8 Å². The molecule has 3 N–H and O–H groups in total. The van der Waals surface area contributed by atoms with E-state index in [1.54, 1.807) is 0 Å². The second-order valence-corrected chi connectivity index (χ2v) is 5.37. The second kappa shape index (κ2) is 6.43. The molecule has 1 amide bonds. The maximum Gasteiger partial charge on any atom is 0.288 e. The Morgan fingerprint density at radius 3 is 2.70 bits per heavy atom. The maximum atomic E-state index is 11.6. The summed E-state index contributed by atoms with van der Waals surface area (Å²) in [6.45, 7) is 5.96. The monoisotopic (exact) mass is 314 g/mol. The molecule has 1 aromatic heterocycles. The highest BCUT2D eigenvalue weighted by molar-refractivity contribution is 5.98. The van der Waals surface area contributed by atoms with E-state index in [1.165, 1.54) is 0 Å². The number of nitrogens with two attached hydrogens (primary N) is 1. The van der Waals surface area contributed by atoms with E-state index in [2.05, 4.69) is 10.3 Å². The van der Waals surface area contributed by atoms with Gasteiger partial charge in [-0.1, -0.05) is 18.2 Å². The molecule has 0 radical (unpaired) electrons. The fourth-order valence-electron chi connectivity index (χ4n) is 2.38. The van der Waals surface area contributed by atoms with Crippen molar-refractivity contribution in [3.05, 3.63) is 62.8 Å². The van der Waals surface area contributed by atoms with E-state index in [-0.39, 0.29) is 23.1 Å². The molecule has 0 aliphatic carbocycles. The summed E-state index contributed by atoms with van der Waals surface area (Å²) in [7, 11) is 0. The Hall–Kier alpha value is -2.96. The second-order valence-electron chi connectivity index (χ2n) is 5.37. The average molecular weight is 314 g/mol. The summed E-state index contributed by atoms with van der Waals surface area (Å²) in [6.07, 6.45) is 1.10. The van der Waals surface area contributed by atoms with Gasteiger partial charge in [0.2, 0.25) is 0 Å². The number of carbonyl (C=O) groups excluding carboxylic acids is 1. The van der Waals surface area contributed by atoms with Crippen LogP contribution in [-0.4, -0.2) is 15.8 Å². The van der Waals surface area contributed by atoms with Crippen molar-refractivity contribution in [1.29, 1.82) is 0 Å². The van der Waals surface area contributed by atoms with Crippen LogP contribution in [0.2, 0.25) is 0 Å². The highest BCUT2D eigenvalue weighted by atomic mass is 16.6. The Morgan fingerprint density at radius 1 is 1.39 bits per heavy atom. The number of hydrogen-bond donors (Lipinski definition) is 2. The Morgan fingerprint density at radius 2 is 2.09 bits per heavy atom. The van der Waals surface area contributed by atoms with Gasteiger partial charge in [-0.05, 0) is 37.5 Å². The minimum Gasteiger partial charge on any atom is -0.365 e. The van der Waals surface area contributed by atoms with Gasteiger partial charge in [-0.25, -0.2) is 4.98 Å².